The van der Waals surface area contributed by atoms with Crippen molar-refractivity contribution in [1.29, 1.82) is 0 Å². The Labute approximate surface area is 134 Å². The second-order valence-electron chi connectivity index (χ2n) is 6.73. The minimum absolute atomic E-state index is 0.302. The predicted molar refractivity (Wildman–Crippen MR) is 84.5 cm³/mol. The van der Waals surface area contributed by atoms with E-state index in [1.54, 1.807) is 19.2 Å². The smallest absolute Gasteiger partial charge is 0.399 e. The van der Waals surface area contributed by atoms with E-state index in [0.29, 0.717) is 11.2 Å². The van der Waals surface area contributed by atoms with Gasteiger partial charge in [-0.15, -0.1) is 0 Å². The number of hydrogen-bond donors (Lipinski definition) is 0. The average molecular weight is 319 g/mol. The zero-order valence-corrected chi connectivity index (χ0v) is 13.8. The number of halogens is 1. The molecule has 8 heteroatoms. The number of hydrogen-bond acceptors (Lipinski definition) is 4. The Hall–Kier alpha value is -1.93. The first kappa shape index (κ1) is 16.0. The maximum atomic E-state index is 14.5. The molecule has 1 fully saturated rings. The number of aryl methyl sites for hydroxylation is 1. The van der Waals surface area contributed by atoms with Crippen LogP contribution in [0.5, 0.6) is 0 Å². The molecule has 0 saturated carbocycles. The predicted octanol–water partition coefficient (Wildman–Crippen LogP) is 1.01. The summed E-state index contributed by atoms with van der Waals surface area (Å²) in [5.41, 5.74) is -0.765. The fourth-order valence-corrected chi connectivity index (χ4v) is 2.36. The van der Waals surface area contributed by atoms with Gasteiger partial charge in [-0.1, -0.05) is 6.07 Å². The maximum Gasteiger partial charge on any atom is 0.497 e. The van der Waals surface area contributed by atoms with E-state index in [4.69, 9.17) is 9.31 Å². The highest BCUT2D eigenvalue weighted by Crippen LogP contribution is 2.36. The number of nitrogens with zero attached hydrogens (tertiary/aromatic N) is 3. The second-order valence-corrected chi connectivity index (χ2v) is 6.73. The summed E-state index contributed by atoms with van der Waals surface area (Å²) in [5, 5.41) is 3.94. The first-order valence-corrected chi connectivity index (χ1v) is 7.38. The third-order valence-corrected chi connectivity index (χ3v) is 4.56. The van der Waals surface area contributed by atoms with E-state index in [-0.39, 0.29) is 5.69 Å². The molecule has 0 radical (unpaired) electrons. The molecule has 1 saturated heterocycles. The van der Waals surface area contributed by atoms with Crippen LogP contribution in [0.15, 0.2) is 29.3 Å². The molecule has 1 aromatic carbocycles. The number of rotatable bonds is 2. The standard InChI is InChI=1S/C15H19BFN3O3/c1-14(2)15(3,4)23-16(22-14)11-7-6-10(8-12(11)17)20-13(21)19(5)9-18-20/h6-9H,1-5H3. The molecular weight excluding hydrogens is 300 g/mol. The summed E-state index contributed by atoms with van der Waals surface area (Å²) in [6, 6.07) is 4.44. The first-order chi connectivity index (χ1) is 10.6. The molecule has 1 aliphatic heterocycles. The molecule has 0 N–H and O–H groups in total. The van der Waals surface area contributed by atoms with Crippen LogP contribution in [-0.4, -0.2) is 32.7 Å². The van der Waals surface area contributed by atoms with Gasteiger partial charge < -0.3 is 9.31 Å². The quantitative estimate of drug-likeness (QED) is 0.775. The Balaban J connectivity index is 1.95. The van der Waals surface area contributed by atoms with E-state index in [1.807, 2.05) is 27.7 Å². The van der Waals surface area contributed by atoms with Crippen molar-refractivity contribution in [3.8, 4) is 5.69 Å². The molecule has 0 atom stereocenters. The van der Waals surface area contributed by atoms with Crippen LogP contribution >= 0.6 is 0 Å². The van der Waals surface area contributed by atoms with Crippen LogP contribution in [0.2, 0.25) is 0 Å². The van der Waals surface area contributed by atoms with Crippen LogP contribution in [-0.2, 0) is 16.4 Å². The average Bonchev–Trinajstić information content (AvgIpc) is 2.87. The van der Waals surface area contributed by atoms with Crippen LogP contribution < -0.4 is 11.2 Å². The minimum Gasteiger partial charge on any atom is -0.399 e. The molecule has 122 valence electrons. The van der Waals surface area contributed by atoms with E-state index >= 15 is 0 Å². The fraction of sp³-hybridized carbons (Fsp3) is 0.467. The van der Waals surface area contributed by atoms with Gasteiger partial charge in [-0.3, -0.25) is 4.57 Å². The van der Waals surface area contributed by atoms with E-state index in [2.05, 4.69) is 5.10 Å². The van der Waals surface area contributed by atoms with Crippen molar-refractivity contribution in [3.63, 3.8) is 0 Å². The minimum atomic E-state index is -0.783. The summed E-state index contributed by atoms with van der Waals surface area (Å²) in [6.45, 7) is 7.64. The zero-order chi connectivity index (χ0) is 17.0. The molecule has 2 heterocycles. The molecule has 0 spiro atoms. The van der Waals surface area contributed by atoms with Crippen molar-refractivity contribution in [2.45, 2.75) is 38.9 Å². The lowest BCUT2D eigenvalue weighted by molar-refractivity contribution is 0.00578. The Bertz CT molecular complexity index is 797. The normalized spacial score (nSPS) is 19.3. The molecular formula is C15H19BFN3O3. The lowest BCUT2D eigenvalue weighted by Crippen LogP contribution is -2.41. The number of benzene rings is 1. The van der Waals surface area contributed by atoms with Crippen LogP contribution in [0.25, 0.3) is 5.69 Å². The van der Waals surface area contributed by atoms with Crippen molar-refractivity contribution < 1.29 is 13.7 Å². The van der Waals surface area contributed by atoms with Crippen molar-refractivity contribution in [1.82, 2.24) is 14.3 Å². The molecule has 0 bridgehead atoms. The summed E-state index contributed by atoms with van der Waals surface area (Å²) < 4.78 is 28.7. The van der Waals surface area contributed by atoms with E-state index < -0.39 is 24.1 Å². The van der Waals surface area contributed by atoms with Gasteiger partial charge in [0.05, 0.1) is 16.9 Å². The van der Waals surface area contributed by atoms with Gasteiger partial charge in [0.1, 0.15) is 12.1 Å². The molecule has 2 aromatic rings. The first-order valence-electron chi connectivity index (χ1n) is 7.38. The van der Waals surface area contributed by atoms with Crippen molar-refractivity contribution in [2.24, 2.45) is 7.05 Å². The maximum absolute atomic E-state index is 14.5. The summed E-state index contributed by atoms with van der Waals surface area (Å²) in [4.78, 5) is 11.9. The summed E-state index contributed by atoms with van der Waals surface area (Å²) >= 11 is 0. The molecule has 3 rings (SSSR count). The van der Waals surface area contributed by atoms with Gasteiger partial charge >= 0.3 is 12.8 Å². The van der Waals surface area contributed by atoms with Crippen LogP contribution in [0.4, 0.5) is 4.39 Å². The molecule has 0 amide bonds. The van der Waals surface area contributed by atoms with Crippen LogP contribution in [0, 0.1) is 5.82 Å². The van der Waals surface area contributed by atoms with Gasteiger partial charge in [0.25, 0.3) is 0 Å². The summed E-state index contributed by atoms with van der Waals surface area (Å²) in [5.74, 6) is -0.501. The molecule has 0 aliphatic carbocycles. The molecule has 0 unspecified atom stereocenters. The van der Waals surface area contributed by atoms with Gasteiger partial charge in [-0.05, 0) is 39.8 Å². The highest BCUT2D eigenvalue weighted by atomic mass is 19.1. The van der Waals surface area contributed by atoms with Gasteiger partial charge in [0.2, 0.25) is 0 Å². The van der Waals surface area contributed by atoms with E-state index in [0.717, 1.165) is 4.68 Å². The van der Waals surface area contributed by atoms with Gasteiger partial charge in [0.15, 0.2) is 0 Å². The fourth-order valence-electron chi connectivity index (χ4n) is 2.36. The molecule has 23 heavy (non-hydrogen) atoms. The lowest BCUT2D eigenvalue weighted by Gasteiger charge is -2.32. The number of aromatic nitrogens is 3. The van der Waals surface area contributed by atoms with Crippen molar-refractivity contribution in [2.75, 3.05) is 0 Å². The largest absolute Gasteiger partial charge is 0.497 e. The van der Waals surface area contributed by atoms with Crippen LogP contribution in [0.3, 0.4) is 0 Å². The summed E-state index contributed by atoms with van der Waals surface area (Å²) in [7, 11) is 0.801. The molecule has 1 aliphatic rings. The lowest BCUT2D eigenvalue weighted by atomic mass is 9.78. The van der Waals surface area contributed by atoms with Crippen LogP contribution in [0.1, 0.15) is 27.7 Å². The topological polar surface area (TPSA) is 58.3 Å². The monoisotopic (exact) mass is 319 g/mol. The van der Waals surface area contributed by atoms with Gasteiger partial charge in [0, 0.05) is 12.5 Å². The van der Waals surface area contributed by atoms with Gasteiger partial charge in [-0.25, -0.2) is 9.18 Å². The molecule has 6 nitrogen and oxygen atoms in total. The summed E-state index contributed by atoms with van der Waals surface area (Å²) in [6.07, 6.45) is 1.38. The highest BCUT2D eigenvalue weighted by molar-refractivity contribution is 6.62. The van der Waals surface area contributed by atoms with Crippen molar-refractivity contribution in [3.05, 3.63) is 40.8 Å². The van der Waals surface area contributed by atoms with Gasteiger partial charge in [-0.2, -0.15) is 9.78 Å². The second kappa shape index (κ2) is 5.04. The Morgan fingerprint density at radius 3 is 2.26 bits per heavy atom. The third kappa shape index (κ3) is 2.51. The van der Waals surface area contributed by atoms with E-state index in [9.17, 15) is 9.18 Å². The molecule has 1 aromatic heterocycles. The Morgan fingerprint density at radius 2 is 1.78 bits per heavy atom. The SMILES string of the molecule is Cn1cnn(-c2ccc(B3OC(C)(C)C(C)(C)O3)c(F)c2)c1=O. The Kier molecular flexibility index (Phi) is 3.49. The highest BCUT2D eigenvalue weighted by Gasteiger charge is 2.52. The third-order valence-electron chi connectivity index (χ3n) is 4.56. The van der Waals surface area contributed by atoms with Crippen molar-refractivity contribution >= 4 is 12.6 Å². The van der Waals surface area contributed by atoms with E-state index in [1.165, 1.54) is 17.0 Å². The Morgan fingerprint density at radius 1 is 1.17 bits per heavy atom. The zero-order valence-electron chi connectivity index (χ0n) is 13.8.